The summed E-state index contributed by atoms with van der Waals surface area (Å²) in [6.07, 6.45) is 0. The van der Waals surface area contributed by atoms with E-state index in [2.05, 4.69) is 10.6 Å². The van der Waals surface area contributed by atoms with E-state index in [9.17, 15) is 9.59 Å². The van der Waals surface area contributed by atoms with Crippen molar-refractivity contribution in [2.75, 3.05) is 31.5 Å². The Hall–Kier alpha value is -3.22. The first-order valence-electron chi connectivity index (χ1n) is 7.20. The molecule has 0 bridgehead atoms. The SMILES string of the molecule is COc1cc(OC)cc(C(=O)Nc2ccc3c(c2)NC(=O)CO3)c1. The van der Waals surface area contributed by atoms with Crippen molar-refractivity contribution in [3.63, 3.8) is 0 Å². The zero-order valence-corrected chi connectivity index (χ0v) is 13.2. The predicted octanol–water partition coefficient (Wildman–Crippen LogP) is 2.29. The van der Waals surface area contributed by atoms with E-state index in [0.717, 1.165) is 0 Å². The minimum atomic E-state index is -0.324. The molecule has 1 aliphatic heterocycles. The highest BCUT2D eigenvalue weighted by molar-refractivity contribution is 6.05. The number of amides is 2. The molecule has 2 N–H and O–H groups in total. The van der Waals surface area contributed by atoms with E-state index < -0.39 is 0 Å². The first-order chi connectivity index (χ1) is 11.6. The second kappa shape index (κ2) is 6.49. The van der Waals surface area contributed by atoms with Crippen molar-refractivity contribution in [3.8, 4) is 17.2 Å². The standard InChI is InChI=1S/C17H16N2O5/c1-22-12-5-10(6-13(8-12)23-2)17(21)18-11-3-4-15-14(7-11)19-16(20)9-24-15/h3-8H,9H2,1-2H3,(H,18,21)(H,19,20). The first-order valence-corrected chi connectivity index (χ1v) is 7.20. The molecule has 0 aliphatic carbocycles. The summed E-state index contributed by atoms with van der Waals surface area (Å²) in [5, 5.41) is 5.46. The number of carbonyl (C=O) groups is 2. The van der Waals surface area contributed by atoms with Crippen molar-refractivity contribution in [1.82, 2.24) is 0 Å². The Morgan fingerprint density at radius 3 is 2.50 bits per heavy atom. The minimum absolute atomic E-state index is 0.0116. The largest absolute Gasteiger partial charge is 0.497 e. The van der Waals surface area contributed by atoms with E-state index in [-0.39, 0.29) is 18.4 Å². The highest BCUT2D eigenvalue weighted by Crippen LogP contribution is 2.31. The van der Waals surface area contributed by atoms with E-state index in [4.69, 9.17) is 14.2 Å². The van der Waals surface area contributed by atoms with E-state index in [1.54, 1.807) is 36.4 Å². The number of anilines is 2. The predicted molar refractivity (Wildman–Crippen MR) is 88.1 cm³/mol. The Balaban J connectivity index is 1.82. The molecule has 3 rings (SSSR count). The second-order valence-corrected chi connectivity index (χ2v) is 5.10. The summed E-state index contributed by atoms with van der Waals surface area (Å²) in [5.74, 6) is 1.05. The lowest BCUT2D eigenvalue weighted by Crippen LogP contribution is -2.25. The topological polar surface area (TPSA) is 85.9 Å². The number of hydrogen-bond donors (Lipinski definition) is 2. The van der Waals surface area contributed by atoms with Crippen LogP contribution in [0.25, 0.3) is 0 Å². The minimum Gasteiger partial charge on any atom is -0.497 e. The molecule has 0 radical (unpaired) electrons. The molecule has 1 heterocycles. The molecule has 7 heteroatoms. The summed E-state index contributed by atoms with van der Waals surface area (Å²) in [7, 11) is 3.03. The van der Waals surface area contributed by atoms with Gasteiger partial charge in [0.05, 0.1) is 19.9 Å². The molecule has 0 atom stereocenters. The highest BCUT2D eigenvalue weighted by Gasteiger charge is 2.17. The summed E-state index contributed by atoms with van der Waals surface area (Å²) < 4.78 is 15.6. The van der Waals surface area contributed by atoms with Crippen LogP contribution in [-0.4, -0.2) is 32.6 Å². The average Bonchev–Trinajstić information content (AvgIpc) is 2.60. The van der Waals surface area contributed by atoms with Gasteiger partial charge in [-0.15, -0.1) is 0 Å². The molecular weight excluding hydrogens is 312 g/mol. The fourth-order valence-corrected chi connectivity index (χ4v) is 2.30. The van der Waals surface area contributed by atoms with Crippen molar-refractivity contribution in [2.24, 2.45) is 0 Å². The lowest BCUT2D eigenvalue weighted by atomic mass is 10.1. The van der Waals surface area contributed by atoms with Crippen LogP contribution < -0.4 is 24.8 Å². The maximum Gasteiger partial charge on any atom is 0.262 e. The van der Waals surface area contributed by atoms with E-state index in [1.807, 2.05) is 0 Å². The molecule has 1 aliphatic rings. The van der Waals surface area contributed by atoms with Gasteiger partial charge in [0.1, 0.15) is 17.2 Å². The molecule has 2 aromatic rings. The third-order valence-electron chi connectivity index (χ3n) is 3.48. The number of hydrogen-bond acceptors (Lipinski definition) is 5. The Labute approximate surface area is 138 Å². The lowest BCUT2D eigenvalue weighted by molar-refractivity contribution is -0.118. The second-order valence-electron chi connectivity index (χ2n) is 5.10. The fraction of sp³-hybridized carbons (Fsp3) is 0.176. The van der Waals surface area contributed by atoms with Gasteiger partial charge in [-0.2, -0.15) is 0 Å². The number of benzene rings is 2. The molecule has 0 saturated heterocycles. The molecular formula is C17H16N2O5. The lowest BCUT2D eigenvalue weighted by Gasteiger charge is -2.18. The van der Waals surface area contributed by atoms with Crippen LogP contribution in [0, 0.1) is 0 Å². The van der Waals surface area contributed by atoms with Gasteiger partial charge in [0.25, 0.3) is 11.8 Å². The van der Waals surface area contributed by atoms with E-state index in [1.165, 1.54) is 14.2 Å². The smallest absolute Gasteiger partial charge is 0.262 e. The number of rotatable bonds is 4. The van der Waals surface area contributed by atoms with Crippen LogP contribution in [0.4, 0.5) is 11.4 Å². The molecule has 0 aromatic heterocycles. The van der Waals surface area contributed by atoms with Crippen molar-refractivity contribution in [2.45, 2.75) is 0 Å². The number of ether oxygens (including phenoxy) is 3. The maximum atomic E-state index is 12.4. The summed E-state index contributed by atoms with van der Waals surface area (Å²) in [6.45, 7) is -0.0116. The molecule has 0 unspecified atom stereocenters. The molecule has 24 heavy (non-hydrogen) atoms. The monoisotopic (exact) mass is 328 g/mol. The summed E-state index contributed by atoms with van der Waals surface area (Å²) >= 11 is 0. The quantitative estimate of drug-likeness (QED) is 0.899. The van der Waals surface area contributed by atoms with Crippen molar-refractivity contribution >= 4 is 23.2 Å². The van der Waals surface area contributed by atoms with Gasteiger partial charge in [0.2, 0.25) is 0 Å². The molecule has 0 fully saturated rings. The van der Waals surface area contributed by atoms with Crippen LogP contribution in [0.15, 0.2) is 36.4 Å². The van der Waals surface area contributed by atoms with Gasteiger partial charge in [-0.1, -0.05) is 0 Å². The van der Waals surface area contributed by atoms with Crippen molar-refractivity contribution < 1.29 is 23.8 Å². The third kappa shape index (κ3) is 3.24. The van der Waals surface area contributed by atoms with Crippen molar-refractivity contribution in [1.29, 1.82) is 0 Å². The van der Waals surface area contributed by atoms with Gasteiger partial charge in [0.15, 0.2) is 6.61 Å². The Morgan fingerprint density at radius 2 is 1.83 bits per heavy atom. The summed E-state index contributed by atoms with van der Waals surface area (Å²) in [4.78, 5) is 23.8. The Morgan fingerprint density at radius 1 is 1.12 bits per heavy atom. The molecule has 7 nitrogen and oxygen atoms in total. The van der Waals surface area contributed by atoms with Crippen LogP contribution in [0.2, 0.25) is 0 Å². The normalized spacial score (nSPS) is 12.5. The van der Waals surface area contributed by atoms with Crippen LogP contribution in [0.1, 0.15) is 10.4 Å². The van der Waals surface area contributed by atoms with Crippen LogP contribution in [-0.2, 0) is 4.79 Å². The molecule has 2 aromatic carbocycles. The van der Waals surface area contributed by atoms with Gasteiger partial charge < -0.3 is 24.8 Å². The van der Waals surface area contributed by atoms with Gasteiger partial charge in [-0.05, 0) is 30.3 Å². The average molecular weight is 328 g/mol. The fourth-order valence-electron chi connectivity index (χ4n) is 2.30. The number of nitrogens with one attached hydrogen (secondary N) is 2. The highest BCUT2D eigenvalue weighted by atomic mass is 16.5. The van der Waals surface area contributed by atoms with Gasteiger partial charge >= 0.3 is 0 Å². The van der Waals surface area contributed by atoms with Crippen LogP contribution in [0.3, 0.4) is 0 Å². The van der Waals surface area contributed by atoms with Crippen LogP contribution in [0.5, 0.6) is 17.2 Å². The summed E-state index contributed by atoms with van der Waals surface area (Å²) in [6, 6.07) is 9.94. The third-order valence-corrected chi connectivity index (χ3v) is 3.48. The Bertz CT molecular complexity index is 781. The molecule has 2 amide bonds. The first kappa shape index (κ1) is 15.7. The zero-order chi connectivity index (χ0) is 17.1. The van der Waals surface area contributed by atoms with Gasteiger partial charge in [-0.3, -0.25) is 9.59 Å². The zero-order valence-electron chi connectivity index (χ0n) is 13.2. The Kier molecular flexibility index (Phi) is 4.24. The number of carbonyl (C=O) groups excluding carboxylic acids is 2. The van der Waals surface area contributed by atoms with Crippen molar-refractivity contribution in [3.05, 3.63) is 42.0 Å². The molecule has 0 spiro atoms. The van der Waals surface area contributed by atoms with E-state index >= 15 is 0 Å². The number of fused-ring (bicyclic) bond motifs is 1. The maximum absolute atomic E-state index is 12.4. The van der Waals surface area contributed by atoms with Gasteiger partial charge in [-0.25, -0.2) is 0 Å². The summed E-state index contributed by atoms with van der Waals surface area (Å²) in [5.41, 5.74) is 1.45. The van der Waals surface area contributed by atoms with Crippen LogP contribution >= 0.6 is 0 Å². The van der Waals surface area contributed by atoms with Gasteiger partial charge in [0, 0.05) is 17.3 Å². The number of methoxy groups -OCH3 is 2. The molecule has 0 saturated carbocycles. The van der Waals surface area contributed by atoms with E-state index in [0.29, 0.717) is 34.2 Å². The molecule has 124 valence electrons.